The number of benzene rings is 1. The Morgan fingerprint density at radius 3 is 2.81 bits per heavy atom. The average Bonchev–Trinajstić information content (AvgIpc) is 3.46. The molecule has 12 heteroatoms. The van der Waals surface area contributed by atoms with Crippen molar-refractivity contribution in [3.63, 3.8) is 0 Å². The first kappa shape index (κ1) is 24.8. The lowest BCUT2D eigenvalue weighted by Crippen LogP contribution is -2.60. The molecule has 1 saturated heterocycles. The normalized spacial score (nSPS) is 14.1. The maximum Gasteiger partial charge on any atom is 0.263 e. The molecule has 0 atom stereocenters. The van der Waals surface area contributed by atoms with Gasteiger partial charge in [0.05, 0.1) is 45.9 Å². The van der Waals surface area contributed by atoms with Crippen molar-refractivity contribution in [1.29, 1.82) is 5.26 Å². The number of amides is 1. The molecular formula is C25H17BrF2N6O2S. The number of rotatable bonds is 4. The molecule has 0 N–H and O–H groups in total. The van der Waals surface area contributed by atoms with Gasteiger partial charge in [-0.3, -0.25) is 18.8 Å². The van der Waals surface area contributed by atoms with Crippen LogP contribution in [-0.2, 0) is 17.9 Å². The third-order valence-corrected chi connectivity index (χ3v) is 7.41. The van der Waals surface area contributed by atoms with E-state index >= 15 is 0 Å². The number of nitrogens with zero attached hydrogens (tertiary/aromatic N) is 6. The molecule has 37 heavy (non-hydrogen) atoms. The van der Waals surface area contributed by atoms with E-state index in [0.29, 0.717) is 26.4 Å². The quantitative estimate of drug-likeness (QED) is 0.342. The molecule has 5 rings (SSSR count). The van der Waals surface area contributed by atoms with Crippen LogP contribution in [0.5, 0.6) is 0 Å². The van der Waals surface area contributed by atoms with Gasteiger partial charge in [0.1, 0.15) is 35.5 Å². The molecule has 4 heterocycles. The molecule has 1 fully saturated rings. The number of halogens is 3. The predicted molar refractivity (Wildman–Crippen MR) is 137 cm³/mol. The molecule has 1 aliphatic heterocycles. The largest absolute Gasteiger partial charge is 0.335 e. The van der Waals surface area contributed by atoms with E-state index in [1.54, 1.807) is 18.3 Å². The van der Waals surface area contributed by atoms with Crippen LogP contribution in [0.15, 0.2) is 46.2 Å². The molecule has 186 valence electrons. The van der Waals surface area contributed by atoms with Gasteiger partial charge in [-0.15, -0.1) is 11.3 Å². The van der Waals surface area contributed by atoms with Gasteiger partial charge in [-0.05, 0) is 40.5 Å². The van der Waals surface area contributed by atoms with Crippen LogP contribution in [0.25, 0.3) is 21.3 Å². The van der Waals surface area contributed by atoms with Gasteiger partial charge in [0.15, 0.2) is 0 Å². The Balaban J connectivity index is 1.56. The van der Waals surface area contributed by atoms with Gasteiger partial charge >= 0.3 is 0 Å². The number of aromatic nitrogens is 4. The first-order valence-electron chi connectivity index (χ1n) is 11.0. The summed E-state index contributed by atoms with van der Waals surface area (Å²) in [6.07, 6.45) is 4.30. The summed E-state index contributed by atoms with van der Waals surface area (Å²) in [6, 6.07) is 6.38. The van der Waals surface area contributed by atoms with Crippen LogP contribution in [0.2, 0.25) is 0 Å². The highest BCUT2D eigenvalue weighted by molar-refractivity contribution is 9.10. The average molecular weight is 583 g/mol. The molecule has 0 aliphatic carbocycles. The topological polar surface area (TPSA) is 96.8 Å². The SMILES string of the molecule is CC1(F)CN(C(=O)Cn2cnc3sc(C#CCn4cc(C#N)cn4)c(-c4ccc(F)c(Br)c4)c3c2=O)C1. The van der Waals surface area contributed by atoms with Crippen LogP contribution in [0, 0.1) is 29.0 Å². The van der Waals surface area contributed by atoms with E-state index in [0.717, 1.165) is 0 Å². The lowest BCUT2D eigenvalue weighted by molar-refractivity contribution is -0.144. The number of nitriles is 1. The standard InChI is InChI=1S/C25H17BrF2N6O2S/c1-25(28)12-33(13-25)20(35)11-32-14-30-23-22(24(32)36)21(16-4-5-18(27)17(26)7-16)19(37-23)3-2-6-34-10-15(8-29)9-31-34/h4-5,7,9-10,14H,6,11-13H2,1H3. The summed E-state index contributed by atoms with van der Waals surface area (Å²) < 4.78 is 30.7. The molecule has 1 aromatic carbocycles. The zero-order valence-corrected chi connectivity index (χ0v) is 21.7. The maximum atomic E-state index is 14.0. The second-order valence-corrected chi connectivity index (χ2v) is 10.6. The van der Waals surface area contributed by atoms with Gasteiger partial charge in [-0.1, -0.05) is 17.9 Å². The van der Waals surface area contributed by atoms with Crippen LogP contribution in [0.4, 0.5) is 8.78 Å². The van der Waals surface area contributed by atoms with Crippen molar-refractivity contribution in [2.24, 2.45) is 0 Å². The monoisotopic (exact) mass is 582 g/mol. The van der Waals surface area contributed by atoms with Crippen molar-refractivity contribution in [3.8, 4) is 29.0 Å². The van der Waals surface area contributed by atoms with Crippen LogP contribution in [0.3, 0.4) is 0 Å². The van der Waals surface area contributed by atoms with E-state index in [4.69, 9.17) is 5.26 Å². The maximum absolute atomic E-state index is 14.0. The van der Waals surface area contributed by atoms with E-state index in [1.165, 1.54) is 51.0 Å². The highest BCUT2D eigenvalue weighted by atomic mass is 79.9. The Labute approximate surface area is 221 Å². The Morgan fingerprint density at radius 1 is 1.35 bits per heavy atom. The first-order chi connectivity index (χ1) is 17.6. The number of likely N-dealkylation sites (tertiary alicyclic amines) is 1. The zero-order chi connectivity index (χ0) is 26.3. The van der Waals surface area contributed by atoms with E-state index < -0.39 is 17.0 Å². The van der Waals surface area contributed by atoms with E-state index in [2.05, 4.69) is 37.9 Å². The summed E-state index contributed by atoms with van der Waals surface area (Å²) in [6.45, 7) is 1.32. The highest BCUT2D eigenvalue weighted by Crippen LogP contribution is 2.37. The Hall–Kier alpha value is -3.87. The van der Waals surface area contributed by atoms with Gasteiger partial charge in [-0.2, -0.15) is 10.4 Å². The molecule has 0 unspecified atom stereocenters. The van der Waals surface area contributed by atoms with Crippen molar-refractivity contribution >= 4 is 43.4 Å². The Kier molecular flexibility index (Phi) is 6.40. The van der Waals surface area contributed by atoms with E-state index in [-0.39, 0.29) is 41.9 Å². The van der Waals surface area contributed by atoms with Crippen LogP contribution in [0.1, 0.15) is 17.4 Å². The fourth-order valence-corrected chi connectivity index (χ4v) is 5.44. The third-order valence-electron chi connectivity index (χ3n) is 5.79. The Bertz CT molecular complexity index is 1710. The summed E-state index contributed by atoms with van der Waals surface area (Å²) in [5.74, 6) is 5.21. The summed E-state index contributed by atoms with van der Waals surface area (Å²) in [7, 11) is 0. The van der Waals surface area contributed by atoms with Gasteiger partial charge < -0.3 is 4.90 Å². The van der Waals surface area contributed by atoms with Crippen LogP contribution in [-0.4, -0.2) is 48.9 Å². The second-order valence-electron chi connectivity index (χ2n) is 8.80. The highest BCUT2D eigenvalue weighted by Gasteiger charge is 2.41. The van der Waals surface area contributed by atoms with Crippen molar-refractivity contribution < 1.29 is 13.6 Å². The molecule has 0 bridgehead atoms. The molecular weight excluding hydrogens is 566 g/mol. The van der Waals surface area contributed by atoms with Crippen LogP contribution >= 0.6 is 27.3 Å². The number of thiophene rings is 1. The molecule has 3 aromatic heterocycles. The number of fused-ring (bicyclic) bond motifs is 1. The summed E-state index contributed by atoms with van der Waals surface area (Å²) >= 11 is 4.40. The first-order valence-corrected chi connectivity index (χ1v) is 12.6. The van der Waals surface area contributed by atoms with E-state index in [1.807, 2.05) is 6.07 Å². The number of alkyl halides is 1. The van der Waals surface area contributed by atoms with Gasteiger partial charge in [-0.25, -0.2) is 13.8 Å². The van der Waals surface area contributed by atoms with E-state index in [9.17, 15) is 18.4 Å². The molecule has 0 radical (unpaired) electrons. The molecule has 8 nitrogen and oxygen atoms in total. The van der Waals surface area contributed by atoms with Crippen molar-refractivity contribution in [1.82, 2.24) is 24.2 Å². The molecule has 1 aliphatic rings. The number of hydrogen-bond acceptors (Lipinski definition) is 6. The smallest absolute Gasteiger partial charge is 0.263 e. The van der Waals surface area contributed by atoms with Crippen LogP contribution < -0.4 is 5.56 Å². The van der Waals surface area contributed by atoms with Crippen molar-refractivity contribution in [3.05, 3.63) is 68.0 Å². The van der Waals surface area contributed by atoms with Gasteiger partial charge in [0.2, 0.25) is 5.91 Å². The van der Waals surface area contributed by atoms with Gasteiger partial charge in [0, 0.05) is 11.8 Å². The molecule has 4 aromatic rings. The second kappa shape index (κ2) is 9.54. The number of carbonyl (C=O) groups is 1. The summed E-state index contributed by atoms with van der Waals surface area (Å²) in [4.78, 5) is 32.8. The minimum atomic E-state index is -1.42. The fourth-order valence-electron chi connectivity index (χ4n) is 4.03. The summed E-state index contributed by atoms with van der Waals surface area (Å²) in [5, 5.41) is 13.3. The summed E-state index contributed by atoms with van der Waals surface area (Å²) in [5.41, 5.74) is -0.430. The molecule has 0 spiro atoms. The molecule has 1 amide bonds. The Morgan fingerprint density at radius 2 is 2.14 bits per heavy atom. The molecule has 0 saturated carbocycles. The third kappa shape index (κ3) is 4.90. The van der Waals surface area contributed by atoms with Crippen molar-refractivity contribution in [2.75, 3.05) is 13.1 Å². The lowest BCUT2D eigenvalue weighted by atomic mass is 9.99. The fraction of sp³-hybridized carbons (Fsp3) is 0.240. The minimum Gasteiger partial charge on any atom is -0.335 e. The zero-order valence-electron chi connectivity index (χ0n) is 19.3. The predicted octanol–water partition coefficient (Wildman–Crippen LogP) is 3.72. The lowest BCUT2D eigenvalue weighted by Gasteiger charge is -2.42. The number of carbonyl (C=O) groups excluding carboxylic acids is 1. The number of hydrogen-bond donors (Lipinski definition) is 0. The minimum absolute atomic E-state index is 0.0184. The van der Waals surface area contributed by atoms with Crippen molar-refractivity contribution in [2.45, 2.75) is 25.7 Å². The van der Waals surface area contributed by atoms with Gasteiger partial charge in [0.25, 0.3) is 5.56 Å².